The molecule has 0 aliphatic heterocycles. The van der Waals surface area contributed by atoms with Crippen LogP contribution in [0.3, 0.4) is 0 Å². The smallest absolute Gasteiger partial charge is 0.337 e. The predicted molar refractivity (Wildman–Crippen MR) is 112 cm³/mol. The van der Waals surface area contributed by atoms with E-state index < -0.39 is 5.97 Å². The van der Waals surface area contributed by atoms with Crippen LogP contribution in [-0.4, -0.2) is 22.7 Å². The predicted octanol–water partition coefficient (Wildman–Crippen LogP) is 6.13. The van der Waals surface area contributed by atoms with Gasteiger partial charge >= 0.3 is 5.97 Å². The molecule has 3 rings (SSSR count). The first-order valence-electron chi connectivity index (χ1n) is 8.88. The summed E-state index contributed by atoms with van der Waals surface area (Å²) in [4.78, 5) is 16.3. The van der Waals surface area contributed by atoms with Gasteiger partial charge in [-0.2, -0.15) is 0 Å². The minimum atomic E-state index is -1.01. The summed E-state index contributed by atoms with van der Waals surface area (Å²) >= 11 is 12.1. The van der Waals surface area contributed by atoms with Crippen molar-refractivity contribution in [1.29, 1.82) is 0 Å². The summed E-state index contributed by atoms with van der Waals surface area (Å²) in [6.45, 7) is 2.58. The van der Waals surface area contributed by atoms with Gasteiger partial charge in [0.05, 0.1) is 23.6 Å². The van der Waals surface area contributed by atoms with Gasteiger partial charge in [-0.15, -0.1) is 0 Å². The molecule has 0 fully saturated rings. The number of carbonyl (C=O) groups is 1. The highest BCUT2D eigenvalue weighted by Crippen LogP contribution is 2.32. The molecule has 0 atom stereocenters. The molecule has 0 aliphatic carbocycles. The summed E-state index contributed by atoms with van der Waals surface area (Å²) in [6.07, 6.45) is 1.24. The van der Waals surface area contributed by atoms with E-state index in [9.17, 15) is 9.90 Å². The first-order chi connectivity index (χ1) is 13.5. The van der Waals surface area contributed by atoms with Gasteiger partial charge in [-0.25, -0.2) is 4.79 Å². The highest BCUT2D eigenvalue weighted by atomic mass is 35.5. The Bertz CT molecular complexity index is 988. The lowest BCUT2D eigenvalue weighted by atomic mass is 10.0. The maximum absolute atomic E-state index is 11.7. The Morgan fingerprint density at radius 1 is 1.04 bits per heavy atom. The standard InChI is InChI=1S/C22H19Cl2NO3/c1-2-11-28-21-13-16(24)7-8-17(21)19-10-9-18(22(26)27)20(25-19)12-14-3-5-15(23)6-4-14/h3-10,13H,2,11-12H2,1H3,(H,26,27). The molecule has 4 nitrogen and oxygen atoms in total. The quantitative estimate of drug-likeness (QED) is 0.503. The lowest BCUT2D eigenvalue weighted by molar-refractivity contribution is 0.0695. The molecule has 1 N–H and O–H groups in total. The molecule has 3 aromatic rings. The monoisotopic (exact) mass is 415 g/mol. The second-order valence-corrected chi connectivity index (χ2v) is 7.16. The van der Waals surface area contributed by atoms with Crippen molar-refractivity contribution in [2.45, 2.75) is 19.8 Å². The normalized spacial score (nSPS) is 10.7. The summed E-state index contributed by atoms with van der Waals surface area (Å²) in [6, 6.07) is 15.9. The zero-order valence-electron chi connectivity index (χ0n) is 15.3. The Hall–Kier alpha value is -2.56. The summed E-state index contributed by atoms with van der Waals surface area (Å²) < 4.78 is 5.82. The van der Waals surface area contributed by atoms with E-state index in [1.165, 1.54) is 0 Å². The van der Waals surface area contributed by atoms with Gasteiger partial charge in [0.25, 0.3) is 0 Å². The molecule has 2 aromatic carbocycles. The van der Waals surface area contributed by atoms with E-state index in [0.717, 1.165) is 17.5 Å². The Labute approximate surface area is 173 Å². The Balaban J connectivity index is 2.04. The Morgan fingerprint density at radius 3 is 2.43 bits per heavy atom. The average Bonchev–Trinajstić information content (AvgIpc) is 2.68. The number of benzene rings is 2. The molecule has 0 radical (unpaired) electrons. The molecule has 28 heavy (non-hydrogen) atoms. The SMILES string of the molecule is CCCOc1cc(Cl)ccc1-c1ccc(C(=O)O)c(Cc2ccc(Cl)cc2)n1. The molecule has 1 heterocycles. The topological polar surface area (TPSA) is 59.4 Å². The summed E-state index contributed by atoms with van der Waals surface area (Å²) in [5.41, 5.74) is 2.98. The first-order valence-corrected chi connectivity index (χ1v) is 9.64. The number of carboxylic acid groups (broad SMARTS) is 1. The molecular formula is C22H19Cl2NO3. The van der Waals surface area contributed by atoms with Gasteiger partial charge < -0.3 is 9.84 Å². The van der Waals surface area contributed by atoms with Crippen LogP contribution < -0.4 is 4.74 Å². The number of carboxylic acids is 1. The fourth-order valence-electron chi connectivity index (χ4n) is 2.82. The molecule has 144 valence electrons. The molecule has 0 saturated carbocycles. The molecule has 6 heteroatoms. The third-order valence-electron chi connectivity index (χ3n) is 4.17. The molecule has 0 saturated heterocycles. The van der Waals surface area contributed by atoms with E-state index in [1.54, 1.807) is 36.4 Å². The third kappa shape index (κ3) is 4.83. The van der Waals surface area contributed by atoms with Crippen LogP contribution in [0.1, 0.15) is 35.0 Å². The second kappa shape index (κ2) is 9.09. The van der Waals surface area contributed by atoms with Crippen LogP contribution in [0.2, 0.25) is 10.0 Å². The molecule has 0 unspecified atom stereocenters. The van der Waals surface area contributed by atoms with Crippen LogP contribution in [0.4, 0.5) is 0 Å². The number of aromatic carboxylic acids is 1. The van der Waals surface area contributed by atoms with E-state index >= 15 is 0 Å². The largest absolute Gasteiger partial charge is 0.493 e. The van der Waals surface area contributed by atoms with Gasteiger partial charge in [-0.05, 0) is 54.4 Å². The number of hydrogen-bond donors (Lipinski definition) is 1. The molecule has 0 amide bonds. The Morgan fingerprint density at radius 2 is 1.75 bits per heavy atom. The van der Waals surface area contributed by atoms with E-state index in [2.05, 4.69) is 4.98 Å². The molecule has 0 spiro atoms. The van der Waals surface area contributed by atoms with Gasteiger partial charge in [0.2, 0.25) is 0 Å². The van der Waals surface area contributed by atoms with E-state index in [0.29, 0.717) is 40.2 Å². The Kier molecular flexibility index (Phi) is 6.55. The van der Waals surface area contributed by atoms with Gasteiger partial charge in [-0.3, -0.25) is 4.98 Å². The van der Waals surface area contributed by atoms with Crippen molar-refractivity contribution in [3.05, 3.63) is 81.5 Å². The van der Waals surface area contributed by atoms with Crippen LogP contribution in [0.15, 0.2) is 54.6 Å². The van der Waals surface area contributed by atoms with Crippen LogP contribution in [0, 0.1) is 0 Å². The minimum Gasteiger partial charge on any atom is -0.493 e. The highest BCUT2D eigenvalue weighted by Gasteiger charge is 2.16. The zero-order chi connectivity index (χ0) is 20.1. The fourth-order valence-corrected chi connectivity index (χ4v) is 3.10. The van der Waals surface area contributed by atoms with Crippen LogP contribution in [0.25, 0.3) is 11.3 Å². The number of halogens is 2. The van der Waals surface area contributed by atoms with Crippen molar-refractivity contribution >= 4 is 29.2 Å². The van der Waals surface area contributed by atoms with Gasteiger partial charge in [0.1, 0.15) is 5.75 Å². The van der Waals surface area contributed by atoms with Crippen LogP contribution in [-0.2, 0) is 6.42 Å². The maximum Gasteiger partial charge on any atom is 0.337 e. The van der Waals surface area contributed by atoms with Crippen molar-refractivity contribution in [2.24, 2.45) is 0 Å². The van der Waals surface area contributed by atoms with E-state index in [1.807, 2.05) is 25.1 Å². The number of pyridine rings is 1. The van der Waals surface area contributed by atoms with Crippen molar-refractivity contribution in [1.82, 2.24) is 4.98 Å². The summed E-state index contributed by atoms with van der Waals surface area (Å²) in [5, 5.41) is 10.7. The fraction of sp³-hybridized carbons (Fsp3) is 0.182. The van der Waals surface area contributed by atoms with Gasteiger partial charge in [-0.1, -0.05) is 42.3 Å². The summed E-state index contributed by atoms with van der Waals surface area (Å²) in [5.74, 6) is -0.385. The van der Waals surface area contributed by atoms with Crippen molar-refractivity contribution in [2.75, 3.05) is 6.61 Å². The molecule has 0 bridgehead atoms. The van der Waals surface area contributed by atoms with Crippen LogP contribution in [0.5, 0.6) is 5.75 Å². The zero-order valence-corrected chi connectivity index (χ0v) is 16.8. The van der Waals surface area contributed by atoms with Gasteiger partial charge in [0, 0.05) is 22.0 Å². The summed E-state index contributed by atoms with van der Waals surface area (Å²) in [7, 11) is 0. The number of hydrogen-bond acceptors (Lipinski definition) is 3. The number of ether oxygens (including phenoxy) is 1. The van der Waals surface area contributed by atoms with Gasteiger partial charge in [0.15, 0.2) is 0 Å². The number of aromatic nitrogens is 1. The van der Waals surface area contributed by atoms with Crippen LogP contribution >= 0.6 is 23.2 Å². The van der Waals surface area contributed by atoms with Crippen molar-refractivity contribution < 1.29 is 14.6 Å². The lowest BCUT2D eigenvalue weighted by Crippen LogP contribution is -2.07. The first kappa shape index (κ1) is 20.2. The van der Waals surface area contributed by atoms with E-state index in [-0.39, 0.29) is 5.56 Å². The lowest BCUT2D eigenvalue weighted by Gasteiger charge is -2.13. The number of nitrogens with zero attached hydrogens (tertiary/aromatic N) is 1. The number of rotatable bonds is 7. The second-order valence-electron chi connectivity index (χ2n) is 6.29. The molecule has 0 aliphatic rings. The average molecular weight is 416 g/mol. The third-order valence-corrected chi connectivity index (χ3v) is 4.66. The minimum absolute atomic E-state index is 0.170. The van der Waals surface area contributed by atoms with Crippen molar-refractivity contribution in [3.8, 4) is 17.0 Å². The van der Waals surface area contributed by atoms with Crippen molar-refractivity contribution in [3.63, 3.8) is 0 Å². The maximum atomic E-state index is 11.7. The highest BCUT2D eigenvalue weighted by molar-refractivity contribution is 6.31. The molecule has 1 aromatic heterocycles. The molecular weight excluding hydrogens is 397 g/mol. The van der Waals surface area contributed by atoms with E-state index in [4.69, 9.17) is 27.9 Å².